The van der Waals surface area contributed by atoms with Crippen LogP contribution >= 0.6 is 0 Å². The van der Waals surface area contributed by atoms with Crippen LogP contribution in [0.4, 0.5) is 4.79 Å². The summed E-state index contributed by atoms with van der Waals surface area (Å²) in [6, 6.07) is 33.1. The molecule has 0 saturated heterocycles. The molecule has 5 aromatic rings. The van der Waals surface area contributed by atoms with Crippen LogP contribution in [0.15, 0.2) is 102 Å². The lowest BCUT2D eigenvalue weighted by Crippen LogP contribution is -2.46. The highest BCUT2D eigenvalue weighted by atomic mass is 16.6. The van der Waals surface area contributed by atoms with E-state index in [4.69, 9.17) is 19.0 Å². The SMILES string of the molecule is CC(C)(C)OC(=O)N[C@H]1CCCC[C@@H]1N=Cc1ccccc1B1Oc2ccc3ccccc3c2-c2c(ccc3ccccc23)O1. The third-order valence-electron chi connectivity index (χ3n) is 8.59. The van der Waals surface area contributed by atoms with Crippen LogP contribution in [-0.2, 0) is 4.74 Å². The van der Waals surface area contributed by atoms with E-state index in [1.165, 1.54) is 0 Å². The summed E-state index contributed by atoms with van der Waals surface area (Å²) in [5.41, 5.74) is 3.31. The third-order valence-corrected chi connectivity index (χ3v) is 8.59. The van der Waals surface area contributed by atoms with E-state index in [9.17, 15) is 4.79 Å². The van der Waals surface area contributed by atoms with Gasteiger partial charge in [-0.3, -0.25) is 4.99 Å². The van der Waals surface area contributed by atoms with Crippen molar-refractivity contribution in [2.45, 2.75) is 64.1 Å². The minimum absolute atomic E-state index is 0.0468. The number of fused-ring (bicyclic) bond motifs is 7. The summed E-state index contributed by atoms with van der Waals surface area (Å²) in [5, 5.41) is 7.60. The van der Waals surface area contributed by atoms with Crippen molar-refractivity contribution in [1.29, 1.82) is 0 Å². The Balaban J connectivity index is 1.26. The summed E-state index contributed by atoms with van der Waals surface area (Å²) in [5.74, 6) is 1.55. The molecular weight excluding hydrogens is 559 g/mol. The summed E-state index contributed by atoms with van der Waals surface area (Å²) < 4.78 is 19.1. The van der Waals surface area contributed by atoms with Crippen LogP contribution in [0.25, 0.3) is 32.7 Å². The van der Waals surface area contributed by atoms with Gasteiger partial charge in [-0.25, -0.2) is 4.79 Å². The summed E-state index contributed by atoms with van der Waals surface area (Å²) in [7, 11) is -0.697. The first kappa shape index (κ1) is 29.0. The van der Waals surface area contributed by atoms with E-state index in [-0.39, 0.29) is 12.1 Å². The molecule has 7 rings (SSSR count). The molecule has 0 bridgehead atoms. The molecule has 1 fully saturated rings. The average Bonchev–Trinajstić information content (AvgIpc) is 3.21. The number of hydrogen-bond donors (Lipinski definition) is 1. The smallest absolute Gasteiger partial charge is 0.521 e. The van der Waals surface area contributed by atoms with Crippen molar-refractivity contribution in [2.75, 3.05) is 0 Å². The van der Waals surface area contributed by atoms with Crippen LogP contribution in [0.3, 0.4) is 0 Å². The molecule has 0 aromatic heterocycles. The normalized spacial score (nSPS) is 18.1. The maximum absolute atomic E-state index is 12.6. The Labute approximate surface area is 264 Å². The number of aliphatic imine (C=N–C) groups is 1. The van der Waals surface area contributed by atoms with Crippen LogP contribution in [0, 0.1) is 0 Å². The first-order chi connectivity index (χ1) is 21.8. The third kappa shape index (κ3) is 5.99. The Kier molecular flexibility index (Phi) is 7.70. The molecule has 1 heterocycles. The minimum atomic E-state index is -0.697. The van der Waals surface area contributed by atoms with Crippen LogP contribution in [0.1, 0.15) is 52.0 Å². The Hall–Kier alpha value is -4.78. The van der Waals surface area contributed by atoms with Gasteiger partial charge in [-0.15, -0.1) is 0 Å². The lowest BCUT2D eigenvalue weighted by Gasteiger charge is -2.30. The van der Waals surface area contributed by atoms with E-state index in [0.29, 0.717) is 0 Å². The summed E-state index contributed by atoms with van der Waals surface area (Å²) in [4.78, 5) is 17.6. The van der Waals surface area contributed by atoms with Gasteiger partial charge in [0, 0.05) is 22.8 Å². The van der Waals surface area contributed by atoms with Gasteiger partial charge in [-0.1, -0.05) is 97.8 Å². The van der Waals surface area contributed by atoms with E-state index in [1.807, 2.05) is 51.3 Å². The van der Waals surface area contributed by atoms with Crippen LogP contribution in [-0.4, -0.2) is 37.1 Å². The first-order valence-electron chi connectivity index (χ1n) is 15.8. The monoisotopic (exact) mass is 596 g/mol. The van der Waals surface area contributed by atoms with Crippen molar-refractivity contribution in [3.63, 3.8) is 0 Å². The van der Waals surface area contributed by atoms with Gasteiger partial charge in [0.2, 0.25) is 0 Å². The maximum atomic E-state index is 12.6. The number of carbonyl (C=O) groups excluding carboxylic acids is 1. The van der Waals surface area contributed by atoms with E-state index >= 15 is 0 Å². The fourth-order valence-corrected chi connectivity index (χ4v) is 6.53. The fraction of sp³-hybridized carbons (Fsp3) is 0.263. The Morgan fingerprint density at radius 1 is 0.800 bits per heavy atom. The van der Waals surface area contributed by atoms with Gasteiger partial charge < -0.3 is 19.4 Å². The Bertz CT molecular complexity index is 1830. The molecule has 0 spiro atoms. The number of nitrogens with zero attached hydrogens (tertiary/aromatic N) is 1. The molecule has 2 aliphatic rings. The molecule has 1 saturated carbocycles. The largest absolute Gasteiger partial charge is 0.633 e. The highest BCUT2D eigenvalue weighted by molar-refractivity contribution is 6.64. The first-order valence-corrected chi connectivity index (χ1v) is 15.8. The van der Waals surface area contributed by atoms with Crippen LogP contribution < -0.4 is 20.1 Å². The van der Waals surface area contributed by atoms with Crippen LogP contribution in [0.5, 0.6) is 11.5 Å². The molecule has 7 heteroatoms. The van der Waals surface area contributed by atoms with Crippen molar-refractivity contribution >= 4 is 46.4 Å². The molecule has 0 unspecified atom stereocenters. The highest BCUT2D eigenvalue weighted by Gasteiger charge is 2.35. The molecule has 6 nitrogen and oxygen atoms in total. The molecule has 1 aliphatic heterocycles. The topological polar surface area (TPSA) is 69.2 Å². The lowest BCUT2D eigenvalue weighted by atomic mass is 9.75. The number of nitrogens with one attached hydrogen (secondary N) is 1. The van der Waals surface area contributed by atoms with Gasteiger partial charge in [0.15, 0.2) is 0 Å². The number of carbonyl (C=O) groups is 1. The number of ether oxygens (including phenoxy) is 1. The molecule has 5 aromatic carbocycles. The number of hydrogen-bond acceptors (Lipinski definition) is 5. The molecule has 1 aliphatic carbocycles. The van der Waals surface area contributed by atoms with Crippen molar-refractivity contribution < 1.29 is 18.8 Å². The number of amides is 1. The molecule has 1 N–H and O–H groups in total. The van der Waals surface area contributed by atoms with Crippen molar-refractivity contribution in [2.24, 2.45) is 4.99 Å². The second-order valence-corrected chi connectivity index (χ2v) is 12.9. The molecule has 226 valence electrons. The molecule has 0 radical (unpaired) electrons. The maximum Gasteiger partial charge on any atom is 0.633 e. The summed E-state index contributed by atoms with van der Waals surface area (Å²) in [6.45, 7) is 5.62. The number of alkyl carbamates (subject to hydrolysis) is 1. The molecule has 45 heavy (non-hydrogen) atoms. The van der Waals surface area contributed by atoms with Crippen molar-refractivity contribution in [3.8, 4) is 22.6 Å². The highest BCUT2D eigenvalue weighted by Crippen LogP contribution is 2.47. The fourth-order valence-electron chi connectivity index (χ4n) is 6.53. The van der Waals surface area contributed by atoms with E-state index in [1.54, 1.807) is 0 Å². The summed E-state index contributed by atoms with van der Waals surface area (Å²) in [6.07, 6.45) is 5.40. The zero-order valence-electron chi connectivity index (χ0n) is 26.0. The van der Waals surface area contributed by atoms with E-state index < -0.39 is 18.8 Å². The molecule has 2 atom stereocenters. The number of benzene rings is 5. The molecular formula is C38H37BN2O4. The second-order valence-electron chi connectivity index (χ2n) is 12.9. The molecule has 1 amide bonds. The Morgan fingerprint density at radius 3 is 2.02 bits per heavy atom. The van der Waals surface area contributed by atoms with Crippen molar-refractivity contribution in [1.82, 2.24) is 5.32 Å². The standard InChI is InChI=1S/C38H37BN2O4/c1-38(2,3)43-37(42)41-32-19-11-10-18-31(32)40-24-27-14-6-9-17-30(27)39-44-33-22-20-25-12-4-7-15-28(25)35(33)36-29-16-8-5-13-26(29)21-23-34(36)45-39/h4-9,12-17,20-24,31-32H,10-11,18-19H2,1-3H3,(H,41,42)/t31-,32-/m0/s1. The minimum Gasteiger partial charge on any atom is -0.521 e. The Morgan fingerprint density at radius 2 is 1.38 bits per heavy atom. The predicted octanol–water partition coefficient (Wildman–Crippen LogP) is 8.08. The van der Waals surface area contributed by atoms with Gasteiger partial charge in [0.25, 0.3) is 0 Å². The average molecular weight is 597 g/mol. The summed E-state index contributed by atoms with van der Waals surface area (Å²) >= 11 is 0. The van der Waals surface area contributed by atoms with E-state index in [0.717, 1.165) is 80.9 Å². The quantitative estimate of drug-likeness (QED) is 0.168. The van der Waals surface area contributed by atoms with Gasteiger partial charge in [0.05, 0.1) is 12.1 Å². The van der Waals surface area contributed by atoms with Gasteiger partial charge in [-0.05, 0) is 72.9 Å². The van der Waals surface area contributed by atoms with Gasteiger partial charge in [0.1, 0.15) is 17.1 Å². The van der Waals surface area contributed by atoms with Crippen LogP contribution in [0.2, 0.25) is 0 Å². The van der Waals surface area contributed by atoms with E-state index in [2.05, 4.69) is 78.1 Å². The lowest BCUT2D eigenvalue weighted by molar-refractivity contribution is 0.0486. The van der Waals surface area contributed by atoms with Gasteiger partial charge in [-0.2, -0.15) is 0 Å². The van der Waals surface area contributed by atoms with Crippen molar-refractivity contribution in [3.05, 3.63) is 103 Å². The zero-order chi connectivity index (χ0) is 31.0. The second kappa shape index (κ2) is 12.0. The predicted molar refractivity (Wildman–Crippen MR) is 183 cm³/mol. The zero-order valence-corrected chi connectivity index (χ0v) is 26.0. The number of rotatable bonds is 4. The van der Waals surface area contributed by atoms with Gasteiger partial charge >= 0.3 is 13.2 Å².